The molecule has 1 unspecified atom stereocenters. The van der Waals surface area contributed by atoms with Gasteiger partial charge in [-0.1, -0.05) is 84.0 Å². The molecule has 1 fully saturated rings. The van der Waals surface area contributed by atoms with Crippen molar-refractivity contribution in [2.24, 2.45) is 5.41 Å². The lowest BCUT2D eigenvalue weighted by molar-refractivity contribution is 0.0459. The smallest absolute Gasteiger partial charge is 0.214 e. The summed E-state index contributed by atoms with van der Waals surface area (Å²) >= 11 is 0. The highest BCUT2D eigenvalue weighted by atomic mass is 19.2. The van der Waals surface area contributed by atoms with Crippen LogP contribution in [0.2, 0.25) is 0 Å². The third kappa shape index (κ3) is 4.33. The number of para-hydroxylation sites is 1. The first kappa shape index (κ1) is 29.0. The molecule has 0 amide bonds. The molecule has 1 heterocycles. The highest BCUT2D eigenvalue weighted by Crippen LogP contribution is 2.62. The number of benzene rings is 3. The van der Waals surface area contributed by atoms with Gasteiger partial charge in [-0.3, -0.25) is 0 Å². The fraction of sp³-hybridized carbons (Fsp3) is 0.438. The lowest BCUT2D eigenvalue weighted by Gasteiger charge is -2.47. The molecule has 0 radical (unpaired) electrons. The zero-order chi connectivity index (χ0) is 29.2. The van der Waals surface area contributed by atoms with E-state index in [1.807, 2.05) is 50.8 Å². The van der Waals surface area contributed by atoms with Crippen molar-refractivity contribution in [3.8, 4) is 11.1 Å². The van der Waals surface area contributed by atoms with Gasteiger partial charge in [-0.25, -0.2) is 26.3 Å². The van der Waals surface area contributed by atoms with Gasteiger partial charge in [0.05, 0.1) is 5.56 Å². The Kier molecular flexibility index (Phi) is 7.15. The normalized spacial score (nSPS) is 20.4. The molecule has 1 saturated heterocycles. The van der Waals surface area contributed by atoms with Gasteiger partial charge in [0.1, 0.15) is 0 Å². The first-order valence-electron chi connectivity index (χ1n) is 13.2. The molecule has 0 aromatic heterocycles. The predicted molar refractivity (Wildman–Crippen MR) is 144 cm³/mol. The van der Waals surface area contributed by atoms with Crippen LogP contribution in [0.1, 0.15) is 90.3 Å². The maximum Gasteiger partial charge on any atom is 0.214 e. The van der Waals surface area contributed by atoms with E-state index in [-0.39, 0.29) is 23.0 Å². The molecule has 0 N–H and O–H groups in total. The van der Waals surface area contributed by atoms with Gasteiger partial charge in [-0.15, -0.1) is 0 Å². The van der Waals surface area contributed by atoms with Crippen molar-refractivity contribution >= 4 is 5.69 Å². The fourth-order valence-electron chi connectivity index (χ4n) is 6.46. The lowest BCUT2D eigenvalue weighted by Crippen LogP contribution is -2.51. The van der Waals surface area contributed by atoms with Crippen LogP contribution < -0.4 is 4.90 Å². The Hall–Kier alpha value is -2.96. The SMILES string of the molecule is CC(C)c1cccc(C(C)C)c1N1C(C)(C)CC(C)(C)C1(F)c1ccc(-c2c(F)c(F)c(F)c(F)c2F)cc1. The standard InChI is InChI=1S/C32H35F6N/c1-17(2)21-10-9-11-22(18(3)4)29(21)39-31(7,8)16-30(5,6)32(39,38)20-14-12-19(13-15-20)23-24(33)26(35)28(37)27(36)25(23)34/h9-15,17-18H,16H2,1-8H3. The topological polar surface area (TPSA) is 3.24 Å². The molecule has 0 saturated carbocycles. The number of anilines is 1. The number of nitrogens with zero attached hydrogens (tertiary/aromatic N) is 1. The van der Waals surface area contributed by atoms with Crippen LogP contribution in [0.4, 0.5) is 32.0 Å². The van der Waals surface area contributed by atoms with Crippen molar-refractivity contribution < 1.29 is 26.3 Å². The molecular weight excluding hydrogens is 512 g/mol. The zero-order valence-corrected chi connectivity index (χ0v) is 23.6. The Morgan fingerprint density at radius 2 is 1.10 bits per heavy atom. The van der Waals surface area contributed by atoms with E-state index in [1.54, 1.807) is 0 Å². The molecule has 210 valence electrons. The maximum atomic E-state index is 18.0. The third-order valence-electron chi connectivity index (χ3n) is 8.02. The molecule has 0 aliphatic carbocycles. The van der Waals surface area contributed by atoms with Crippen LogP contribution in [0.5, 0.6) is 0 Å². The average Bonchev–Trinajstić information content (AvgIpc) is 3.00. The highest BCUT2D eigenvalue weighted by Gasteiger charge is 2.64. The molecule has 1 aliphatic rings. The molecule has 3 aromatic rings. The summed E-state index contributed by atoms with van der Waals surface area (Å²) in [5.41, 5.74) is 0.277. The molecule has 1 atom stereocenters. The lowest BCUT2D eigenvalue weighted by atomic mass is 9.76. The summed E-state index contributed by atoms with van der Waals surface area (Å²) in [6, 6.07) is 11.2. The number of hydrogen-bond acceptors (Lipinski definition) is 1. The van der Waals surface area contributed by atoms with Gasteiger partial charge in [-0.05, 0) is 48.8 Å². The van der Waals surface area contributed by atoms with Crippen molar-refractivity contribution in [3.63, 3.8) is 0 Å². The second-order valence-electron chi connectivity index (χ2n) is 12.4. The van der Waals surface area contributed by atoms with Crippen molar-refractivity contribution in [3.05, 3.63) is 88.2 Å². The Bertz CT molecular complexity index is 1350. The Balaban J connectivity index is 1.96. The molecule has 7 heteroatoms. The number of alkyl halides is 1. The Morgan fingerprint density at radius 3 is 1.54 bits per heavy atom. The first-order chi connectivity index (χ1) is 18.0. The van der Waals surface area contributed by atoms with E-state index in [1.165, 1.54) is 24.3 Å². The number of halogens is 6. The van der Waals surface area contributed by atoms with Gasteiger partial charge in [0.2, 0.25) is 11.6 Å². The molecule has 1 aliphatic heterocycles. The third-order valence-corrected chi connectivity index (χ3v) is 8.02. The maximum absolute atomic E-state index is 18.0. The van der Waals surface area contributed by atoms with Crippen molar-refractivity contribution in [1.82, 2.24) is 0 Å². The number of hydrogen-bond donors (Lipinski definition) is 0. The summed E-state index contributed by atoms with van der Waals surface area (Å²) < 4.78 is 88.4. The van der Waals surface area contributed by atoms with E-state index in [4.69, 9.17) is 0 Å². The quantitative estimate of drug-likeness (QED) is 0.133. The van der Waals surface area contributed by atoms with Crippen LogP contribution in [0, 0.1) is 34.5 Å². The summed E-state index contributed by atoms with van der Waals surface area (Å²) in [6.45, 7) is 16.0. The van der Waals surface area contributed by atoms with Crippen molar-refractivity contribution in [2.75, 3.05) is 4.90 Å². The fourth-order valence-corrected chi connectivity index (χ4v) is 6.46. The predicted octanol–water partition coefficient (Wildman–Crippen LogP) is 10.1. The largest absolute Gasteiger partial charge is 0.330 e. The van der Waals surface area contributed by atoms with E-state index < -0.39 is 51.4 Å². The Morgan fingerprint density at radius 1 is 0.667 bits per heavy atom. The van der Waals surface area contributed by atoms with Crippen LogP contribution in [0.15, 0.2) is 42.5 Å². The average molecular weight is 548 g/mol. The van der Waals surface area contributed by atoms with Crippen LogP contribution >= 0.6 is 0 Å². The van der Waals surface area contributed by atoms with E-state index in [2.05, 4.69) is 27.7 Å². The second-order valence-corrected chi connectivity index (χ2v) is 12.4. The summed E-state index contributed by atoms with van der Waals surface area (Å²) in [5.74, 6) is -11.9. The molecule has 0 spiro atoms. The molecule has 39 heavy (non-hydrogen) atoms. The molecule has 4 rings (SSSR count). The molecule has 3 aromatic carbocycles. The number of rotatable bonds is 5. The van der Waals surface area contributed by atoms with E-state index >= 15 is 4.39 Å². The minimum atomic E-state index is -2.22. The van der Waals surface area contributed by atoms with Gasteiger partial charge in [0.25, 0.3) is 0 Å². The molecular formula is C32H35F6N. The Labute approximate surface area is 226 Å². The minimum Gasteiger partial charge on any atom is -0.330 e. The minimum absolute atomic E-state index is 0.110. The van der Waals surface area contributed by atoms with Crippen LogP contribution in [0.25, 0.3) is 11.1 Å². The zero-order valence-electron chi connectivity index (χ0n) is 23.6. The molecule has 0 bridgehead atoms. The van der Waals surface area contributed by atoms with Gasteiger partial charge < -0.3 is 4.90 Å². The summed E-state index contributed by atoms with van der Waals surface area (Å²) in [7, 11) is 0. The van der Waals surface area contributed by atoms with Crippen LogP contribution in [-0.4, -0.2) is 5.54 Å². The molecule has 1 nitrogen and oxygen atoms in total. The summed E-state index contributed by atoms with van der Waals surface area (Å²) in [4.78, 5) is 1.85. The first-order valence-corrected chi connectivity index (χ1v) is 13.2. The van der Waals surface area contributed by atoms with Gasteiger partial charge in [-0.2, -0.15) is 0 Å². The van der Waals surface area contributed by atoms with Crippen molar-refractivity contribution in [2.45, 2.75) is 85.0 Å². The monoisotopic (exact) mass is 547 g/mol. The highest BCUT2D eigenvalue weighted by molar-refractivity contribution is 5.69. The van der Waals surface area contributed by atoms with E-state index in [0.717, 1.165) is 16.8 Å². The van der Waals surface area contributed by atoms with Crippen molar-refractivity contribution in [1.29, 1.82) is 0 Å². The van der Waals surface area contributed by atoms with Gasteiger partial charge >= 0.3 is 0 Å². The van der Waals surface area contributed by atoms with E-state index in [0.29, 0.717) is 6.42 Å². The van der Waals surface area contributed by atoms with Crippen LogP contribution in [0.3, 0.4) is 0 Å². The van der Waals surface area contributed by atoms with Gasteiger partial charge in [0, 0.05) is 22.2 Å². The van der Waals surface area contributed by atoms with Gasteiger partial charge in [0.15, 0.2) is 23.3 Å². The summed E-state index contributed by atoms with van der Waals surface area (Å²) in [6.07, 6.45) is 0.500. The van der Waals surface area contributed by atoms with Crippen LogP contribution in [-0.2, 0) is 5.79 Å². The summed E-state index contributed by atoms with van der Waals surface area (Å²) in [5, 5.41) is 0. The van der Waals surface area contributed by atoms with E-state index in [9.17, 15) is 22.0 Å². The second kappa shape index (κ2) is 9.60.